The number of piperazine rings is 1. The molecule has 0 unspecified atom stereocenters. The number of hydrogen-bond acceptors (Lipinski definition) is 2. The standard InChI is InChI=1S/C15H22BrFN2.2ClH/c1-11(2)9-15(19-7-5-18-6-8-19)12-3-4-14(17)13(16)10-12;;/h3-4,10-11,15,18H,5-9H2,1-2H3;2*1H/t15-;;/m1../s1. The molecule has 6 heteroatoms. The van der Waals surface area contributed by atoms with Crippen LogP contribution in [0.3, 0.4) is 0 Å². The van der Waals surface area contributed by atoms with Crippen molar-refractivity contribution in [2.45, 2.75) is 26.3 Å². The molecule has 21 heavy (non-hydrogen) atoms. The van der Waals surface area contributed by atoms with Gasteiger partial charge >= 0.3 is 0 Å². The van der Waals surface area contributed by atoms with Crippen molar-refractivity contribution in [2.24, 2.45) is 5.92 Å². The second kappa shape index (κ2) is 10.0. The fourth-order valence-corrected chi connectivity index (χ4v) is 3.05. The maximum Gasteiger partial charge on any atom is 0.137 e. The highest BCUT2D eigenvalue weighted by Crippen LogP contribution is 2.30. The van der Waals surface area contributed by atoms with Gasteiger partial charge in [-0.25, -0.2) is 4.39 Å². The molecule has 0 radical (unpaired) electrons. The molecule has 1 atom stereocenters. The number of rotatable bonds is 4. The summed E-state index contributed by atoms with van der Waals surface area (Å²) in [7, 11) is 0. The van der Waals surface area contributed by atoms with Crippen LogP contribution in [0.2, 0.25) is 0 Å². The normalized spacial score (nSPS) is 17.0. The second-order valence-corrected chi connectivity index (χ2v) is 6.46. The number of nitrogens with zero attached hydrogens (tertiary/aromatic N) is 1. The Kier molecular flexibility index (Phi) is 10.1. The first-order valence-electron chi connectivity index (χ1n) is 6.97. The molecule has 2 nitrogen and oxygen atoms in total. The van der Waals surface area contributed by atoms with E-state index in [0.717, 1.165) is 32.6 Å². The minimum atomic E-state index is -0.188. The van der Waals surface area contributed by atoms with Crippen LogP contribution in [-0.4, -0.2) is 31.1 Å². The van der Waals surface area contributed by atoms with E-state index in [1.165, 1.54) is 5.56 Å². The molecule has 0 spiro atoms. The van der Waals surface area contributed by atoms with Crippen molar-refractivity contribution >= 4 is 40.7 Å². The minimum Gasteiger partial charge on any atom is -0.314 e. The number of hydrogen-bond donors (Lipinski definition) is 1. The smallest absolute Gasteiger partial charge is 0.137 e. The van der Waals surface area contributed by atoms with Crippen molar-refractivity contribution in [1.29, 1.82) is 0 Å². The van der Waals surface area contributed by atoms with E-state index in [0.29, 0.717) is 16.4 Å². The van der Waals surface area contributed by atoms with Gasteiger partial charge in [0.05, 0.1) is 4.47 Å². The van der Waals surface area contributed by atoms with Crippen molar-refractivity contribution in [3.05, 3.63) is 34.1 Å². The highest BCUT2D eigenvalue weighted by Gasteiger charge is 2.23. The van der Waals surface area contributed by atoms with Crippen LogP contribution in [0.1, 0.15) is 31.9 Å². The van der Waals surface area contributed by atoms with E-state index in [1.807, 2.05) is 12.1 Å². The quantitative estimate of drug-likeness (QED) is 0.802. The second-order valence-electron chi connectivity index (χ2n) is 5.60. The average Bonchev–Trinajstić information content (AvgIpc) is 2.40. The fraction of sp³-hybridized carbons (Fsp3) is 0.600. The molecule has 0 aliphatic carbocycles. The monoisotopic (exact) mass is 400 g/mol. The highest BCUT2D eigenvalue weighted by atomic mass is 79.9. The van der Waals surface area contributed by atoms with Crippen LogP contribution < -0.4 is 5.32 Å². The summed E-state index contributed by atoms with van der Waals surface area (Å²) >= 11 is 3.30. The lowest BCUT2D eigenvalue weighted by Gasteiger charge is -2.36. The molecule has 0 bridgehead atoms. The van der Waals surface area contributed by atoms with E-state index in [-0.39, 0.29) is 30.6 Å². The van der Waals surface area contributed by atoms with Gasteiger partial charge in [-0.3, -0.25) is 4.90 Å². The molecule has 0 amide bonds. The van der Waals surface area contributed by atoms with Crippen molar-refractivity contribution in [1.82, 2.24) is 10.2 Å². The summed E-state index contributed by atoms with van der Waals surface area (Å²) in [4.78, 5) is 2.51. The largest absolute Gasteiger partial charge is 0.314 e. The van der Waals surface area contributed by atoms with Crippen molar-refractivity contribution < 1.29 is 4.39 Å². The summed E-state index contributed by atoms with van der Waals surface area (Å²) < 4.78 is 14.0. The van der Waals surface area contributed by atoms with Crippen LogP contribution in [0.15, 0.2) is 22.7 Å². The first-order chi connectivity index (χ1) is 9.08. The first-order valence-corrected chi connectivity index (χ1v) is 7.77. The summed E-state index contributed by atoms with van der Waals surface area (Å²) in [6, 6.07) is 5.81. The Morgan fingerprint density at radius 3 is 2.38 bits per heavy atom. The Bertz CT molecular complexity index is 426. The minimum absolute atomic E-state index is 0. The van der Waals surface area contributed by atoms with E-state index in [4.69, 9.17) is 0 Å². The van der Waals surface area contributed by atoms with Crippen LogP contribution >= 0.6 is 40.7 Å². The van der Waals surface area contributed by atoms with Gasteiger partial charge in [0.2, 0.25) is 0 Å². The molecule has 1 saturated heterocycles. The van der Waals surface area contributed by atoms with Gasteiger partial charge in [-0.05, 0) is 46.0 Å². The zero-order chi connectivity index (χ0) is 13.8. The van der Waals surface area contributed by atoms with E-state index in [9.17, 15) is 4.39 Å². The van der Waals surface area contributed by atoms with Gasteiger partial charge in [-0.1, -0.05) is 19.9 Å². The van der Waals surface area contributed by atoms with Crippen LogP contribution in [0, 0.1) is 11.7 Å². The summed E-state index contributed by atoms with van der Waals surface area (Å²) in [6.07, 6.45) is 1.11. The molecule has 1 N–H and O–H groups in total. The Balaban J connectivity index is 0.00000200. The Morgan fingerprint density at radius 1 is 1.24 bits per heavy atom. The molecule has 0 saturated carbocycles. The molecular weight excluding hydrogens is 378 g/mol. The zero-order valence-electron chi connectivity index (χ0n) is 12.4. The number of nitrogens with one attached hydrogen (secondary N) is 1. The lowest BCUT2D eigenvalue weighted by Crippen LogP contribution is -2.45. The van der Waals surface area contributed by atoms with Crippen LogP contribution in [0.4, 0.5) is 4.39 Å². The van der Waals surface area contributed by atoms with Gasteiger partial charge in [0.25, 0.3) is 0 Å². The molecule has 2 rings (SSSR count). The molecule has 1 aliphatic rings. The Morgan fingerprint density at radius 2 is 1.86 bits per heavy atom. The SMILES string of the molecule is CC(C)C[C@H](c1ccc(F)c(Br)c1)N1CCNCC1.Cl.Cl. The third-order valence-corrected chi connectivity index (χ3v) is 4.22. The van der Waals surface area contributed by atoms with Crippen LogP contribution in [0.5, 0.6) is 0 Å². The molecule has 1 aliphatic heterocycles. The van der Waals surface area contributed by atoms with E-state index in [1.54, 1.807) is 6.07 Å². The van der Waals surface area contributed by atoms with E-state index >= 15 is 0 Å². The van der Waals surface area contributed by atoms with E-state index < -0.39 is 0 Å². The molecular formula is C15H24BrCl2FN2. The predicted molar refractivity (Wildman–Crippen MR) is 95.2 cm³/mol. The molecule has 1 fully saturated rings. The summed E-state index contributed by atoms with van der Waals surface area (Å²) in [5, 5.41) is 3.38. The zero-order valence-corrected chi connectivity index (χ0v) is 15.7. The average molecular weight is 402 g/mol. The fourth-order valence-electron chi connectivity index (χ4n) is 2.66. The summed E-state index contributed by atoms with van der Waals surface area (Å²) in [6.45, 7) is 8.69. The molecule has 1 aromatic carbocycles. The highest BCUT2D eigenvalue weighted by molar-refractivity contribution is 9.10. The van der Waals surface area contributed by atoms with Crippen molar-refractivity contribution in [3.63, 3.8) is 0 Å². The lowest BCUT2D eigenvalue weighted by atomic mass is 9.95. The van der Waals surface area contributed by atoms with Gasteiger partial charge in [0.1, 0.15) is 5.82 Å². The Labute approximate surface area is 147 Å². The molecule has 1 aromatic rings. The predicted octanol–water partition coefficient (Wildman–Crippen LogP) is 4.42. The third-order valence-electron chi connectivity index (χ3n) is 3.62. The summed E-state index contributed by atoms with van der Waals surface area (Å²) in [5.41, 5.74) is 1.21. The van der Waals surface area contributed by atoms with Crippen molar-refractivity contribution in [2.75, 3.05) is 26.2 Å². The van der Waals surface area contributed by atoms with Crippen LogP contribution in [0.25, 0.3) is 0 Å². The Hall–Kier alpha value is 0.130. The van der Waals surface area contributed by atoms with Gasteiger partial charge < -0.3 is 5.32 Å². The van der Waals surface area contributed by atoms with Gasteiger partial charge in [-0.2, -0.15) is 0 Å². The maximum absolute atomic E-state index is 13.4. The topological polar surface area (TPSA) is 15.3 Å². The van der Waals surface area contributed by atoms with Gasteiger partial charge in [-0.15, -0.1) is 24.8 Å². The number of benzene rings is 1. The molecule has 1 heterocycles. The maximum atomic E-state index is 13.4. The lowest BCUT2D eigenvalue weighted by molar-refractivity contribution is 0.154. The van der Waals surface area contributed by atoms with Crippen LogP contribution in [-0.2, 0) is 0 Å². The summed E-state index contributed by atoms with van der Waals surface area (Å²) in [5.74, 6) is 0.441. The van der Waals surface area contributed by atoms with Crippen molar-refractivity contribution in [3.8, 4) is 0 Å². The van der Waals surface area contributed by atoms with Gasteiger partial charge in [0, 0.05) is 32.2 Å². The third kappa shape index (κ3) is 6.03. The molecule has 122 valence electrons. The van der Waals surface area contributed by atoms with E-state index in [2.05, 4.69) is 40.0 Å². The number of halogens is 4. The molecule has 0 aromatic heterocycles. The van der Waals surface area contributed by atoms with Gasteiger partial charge in [0.15, 0.2) is 0 Å². The first kappa shape index (κ1) is 21.1.